The van der Waals surface area contributed by atoms with Crippen molar-refractivity contribution in [1.29, 1.82) is 0 Å². The molecule has 1 aliphatic heterocycles. The topological polar surface area (TPSA) is 150 Å². The van der Waals surface area contributed by atoms with Crippen LogP contribution in [0.15, 0.2) is 54.9 Å². The number of nitrogens with zero attached hydrogens (tertiary/aromatic N) is 3. The summed E-state index contributed by atoms with van der Waals surface area (Å²) in [5.41, 5.74) is 3.75. The molecule has 47 heavy (non-hydrogen) atoms. The second-order valence-corrected chi connectivity index (χ2v) is 11.7. The summed E-state index contributed by atoms with van der Waals surface area (Å²) in [7, 11) is 1.55. The van der Waals surface area contributed by atoms with Crippen molar-refractivity contribution < 1.29 is 23.8 Å². The number of benzene rings is 1. The molecule has 1 aliphatic rings. The van der Waals surface area contributed by atoms with Crippen LogP contribution in [0.25, 0.3) is 22.5 Å². The Balaban J connectivity index is 1.32. The Morgan fingerprint density at radius 3 is 2.62 bits per heavy atom. The molecule has 246 valence electrons. The molecule has 5 rings (SSSR count). The lowest BCUT2D eigenvalue weighted by Crippen LogP contribution is -2.35. The number of aliphatic carboxylic acids is 1. The van der Waals surface area contributed by atoms with E-state index in [4.69, 9.17) is 38.0 Å². The van der Waals surface area contributed by atoms with Crippen molar-refractivity contribution in [2.24, 2.45) is 0 Å². The van der Waals surface area contributed by atoms with Crippen molar-refractivity contribution in [3.05, 3.63) is 81.8 Å². The van der Waals surface area contributed by atoms with E-state index in [-0.39, 0.29) is 35.8 Å². The van der Waals surface area contributed by atoms with E-state index in [1.165, 1.54) is 6.20 Å². The molecule has 1 amide bonds. The van der Waals surface area contributed by atoms with E-state index < -0.39 is 11.8 Å². The van der Waals surface area contributed by atoms with E-state index in [9.17, 15) is 9.59 Å². The third kappa shape index (κ3) is 8.52. The van der Waals surface area contributed by atoms with Crippen LogP contribution >= 0.6 is 23.2 Å². The third-order valence-electron chi connectivity index (χ3n) is 7.62. The van der Waals surface area contributed by atoms with E-state index >= 15 is 4.39 Å². The Bertz CT molecular complexity index is 1760. The molecule has 4 aromatic rings. The average molecular weight is 683 g/mol. The van der Waals surface area contributed by atoms with E-state index in [1.807, 2.05) is 12.1 Å². The van der Waals surface area contributed by atoms with Crippen molar-refractivity contribution in [1.82, 2.24) is 30.9 Å². The quantitative estimate of drug-likeness (QED) is 0.0985. The van der Waals surface area contributed by atoms with Gasteiger partial charge in [0.05, 0.1) is 34.2 Å². The molecule has 4 heterocycles. The van der Waals surface area contributed by atoms with Gasteiger partial charge < -0.3 is 31.1 Å². The molecule has 11 nitrogen and oxygen atoms in total. The third-order valence-corrected chi connectivity index (χ3v) is 8.41. The number of nitrogens with one attached hydrogen (secondary N) is 4. The fraction of sp³-hybridized carbons (Fsp3) is 0.303. The summed E-state index contributed by atoms with van der Waals surface area (Å²) < 4.78 is 20.9. The number of hydrogen-bond acceptors (Lipinski definition) is 9. The molecule has 0 bridgehead atoms. The van der Waals surface area contributed by atoms with Crippen LogP contribution < -0.4 is 26.0 Å². The van der Waals surface area contributed by atoms with Crippen LogP contribution in [0.4, 0.5) is 15.9 Å². The number of carboxylic acids is 1. The summed E-state index contributed by atoms with van der Waals surface area (Å²) >= 11 is 13.8. The predicted octanol–water partition coefficient (Wildman–Crippen LogP) is 5.73. The first-order chi connectivity index (χ1) is 22.7. The Labute approximate surface area is 281 Å². The molecule has 0 unspecified atom stereocenters. The Hall–Kier alpha value is -4.36. The monoisotopic (exact) mass is 681 g/mol. The number of carboxylic acid groups (broad SMARTS) is 1. The van der Waals surface area contributed by atoms with E-state index in [0.29, 0.717) is 77.1 Å². The highest BCUT2D eigenvalue weighted by molar-refractivity contribution is 6.39. The molecule has 3 aromatic heterocycles. The molecule has 5 N–H and O–H groups in total. The van der Waals surface area contributed by atoms with Crippen molar-refractivity contribution in [2.45, 2.75) is 44.8 Å². The van der Waals surface area contributed by atoms with Gasteiger partial charge in [-0.1, -0.05) is 41.4 Å². The smallest absolute Gasteiger partial charge is 0.303 e. The van der Waals surface area contributed by atoms with E-state index in [1.54, 1.807) is 43.6 Å². The molecule has 1 atom stereocenters. The van der Waals surface area contributed by atoms with Crippen LogP contribution in [0.1, 0.15) is 36.8 Å². The first-order valence-corrected chi connectivity index (χ1v) is 15.8. The van der Waals surface area contributed by atoms with Crippen LogP contribution in [0, 0.1) is 5.82 Å². The molecule has 0 spiro atoms. The van der Waals surface area contributed by atoms with Crippen LogP contribution in [0.2, 0.25) is 10.0 Å². The van der Waals surface area contributed by atoms with Crippen LogP contribution in [-0.4, -0.2) is 58.2 Å². The zero-order valence-corrected chi connectivity index (χ0v) is 27.1. The normalized spacial score (nSPS) is 14.2. The fourth-order valence-corrected chi connectivity index (χ4v) is 5.78. The highest BCUT2D eigenvalue weighted by atomic mass is 35.5. The zero-order chi connectivity index (χ0) is 33.3. The minimum atomic E-state index is -0.876. The number of pyridine rings is 3. The summed E-state index contributed by atoms with van der Waals surface area (Å²) in [5.74, 6) is -0.926. The lowest BCUT2D eigenvalue weighted by molar-refractivity contribution is -0.137. The Morgan fingerprint density at radius 1 is 1.04 bits per heavy atom. The number of aromatic nitrogens is 3. The maximum atomic E-state index is 15.3. The number of carbonyl (C=O) groups excluding carboxylic acids is 1. The second kappa shape index (κ2) is 16.0. The summed E-state index contributed by atoms with van der Waals surface area (Å²) in [4.78, 5) is 35.5. The van der Waals surface area contributed by atoms with Crippen LogP contribution in [-0.2, 0) is 22.7 Å². The molecular weight excluding hydrogens is 648 g/mol. The molecule has 0 aliphatic carbocycles. The van der Waals surface area contributed by atoms with Crippen LogP contribution in [0.5, 0.6) is 5.88 Å². The number of methoxy groups -OCH3 is 1. The summed E-state index contributed by atoms with van der Waals surface area (Å²) in [6, 6.07) is 12.4. The van der Waals surface area contributed by atoms with Gasteiger partial charge in [0.1, 0.15) is 0 Å². The number of carbonyl (C=O) groups is 2. The van der Waals surface area contributed by atoms with Crippen LogP contribution in [0.3, 0.4) is 0 Å². The molecular formula is C33H34Cl2FN7O4. The maximum Gasteiger partial charge on any atom is 0.303 e. The number of halogens is 3. The van der Waals surface area contributed by atoms with Gasteiger partial charge in [-0.25, -0.2) is 14.4 Å². The first kappa shape index (κ1) is 34.0. The standard InChI is InChI=1S/C33H34Cl2FN7O4/c1-47-33-20(17-38-18-21-8-10-26(44)41-21)7-9-24(43-33)22-12-15-39-31(29(22)35)23-4-2-5-25(28(23)34)42-32-30(36)19(11-14-40-32)16-37-13-3-6-27(45)46/h2,4-5,7,9,11-12,14-15,21,37-38H,3,6,8,10,13,16-18H2,1H3,(H,40,42)(H,41,44)(H,45,46)/t21-/m0/s1. The summed E-state index contributed by atoms with van der Waals surface area (Å²) in [6.07, 6.45) is 4.92. The van der Waals surface area contributed by atoms with Gasteiger partial charge >= 0.3 is 5.97 Å². The molecule has 0 saturated carbocycles. The molecule has 1 aromatic carbocycles. The van der Waals surface area contributed by atoms with Gasteiger partial charge in [0.15, 0.2) is 11.6 Å². The summed E-state index contributed by atoms with van der Waals surface area (Å²) in [5, 5.41) is 21.7. The fourth-order valence-electron chi connectivity index (χ4n) is 5.21. The second-order valence-electron chi connectivity index (χ2n) is 10.9. The lowest BCUT2D eigenvalue weighted by Gasteiger charge is -2.16. The SMILES string of the molecule is COc1nc(-c2ccnc(-c3cccc(Nc4nccc(CNCCCC(=O)O)c4F)c3Cl)c2Cl)ccc1CNC[C@@H]1CCC(=O)N1. The number of ether oxygens (including phenoxy) is 1. The van der Waals surface area contributed by atoms with Gasteiger partial charge in [-0.15, -0.1) is 0 Å². The minimum absolute atomic E-state index is 0.0134. The van der Waals surface area contributed by atoms with Gasteiger partial charge in [0, 0.05) is 73.2 Å². The van der Waals surface area contributed by atoms with Gasteiger partial charge in [0.2, 0.25) is 11.8 Å². The number of anilines is 2. The van der Waals surface area contributed by atoms with Gasteiger partial charge in [-0.05, 0) is 43.7 Å². The molecule has 14 heteroatoms. The van der Waals surface area contributed by atoms with Gasteiger partial charge in [-0.3, -0.25) is 14.6 Å². The average Bonchev–Trinajstić information content (AvgIpc) is 3.48. The number of amides is 1. The van der Waals surface area contributed by atoms with Crippen molar-refractivity contribution in [3.63, 3.8) is 0 Å². The zero-order valence-electron chi connectivity index (χ0n) is 25.6. The van der Waals surface area contributed by atoms with Crippen molar-refractivity contribution in [2.75, 3.05) is 25.5 Å². The predicted molar refractivity (Wildman–Crippen MR) is 178 cm³/mol. The highest BCUT2D eigenvalue weighted by Gasteiger charge is 2.21. The highest BCUT2D eigenvalue weighted by Crippen LogP contribution is 2.40. The molecule has 1 fully saturated rings. The minimum Gasteiger partial charge on any atom is -0.481 e. The van der Waals surface area contributed by atoms with Gasteiger partial charge in [0.25, 0.3) is 0 Å². The van der Waals surface area contributed by atoms with E-state index in [0.717, 1.165) is 12.0 Å². The Morgan fingerprint density at radius 2 is 1.85 bits per heavy atom. The Kier molecular flexibility index (Phi) is 11.5. The number of hydrogen-bond donors (Lipinski definition) is 5. The number of rotatable bonds is 15. The lowest BCUT2D eigenvalue weighted by atomic mass is 10.1. The van der Waals surface area contributed by atoms with Crippen molar-refractivity contribution >= 4 is 46.6 Å². The maximum absolute atomic E-state index is 15.3. The van der Waals surface area contributed by atoms with Gasteiger partial charge in [-0.2, -0.15) is 0 Å². The first-order valence-electron chi connectivity index (χ1n) is 15.1. The molecule has 0 radical (unpaired) electrons. The summed E-state index contributed by atoms with van der Waals surface area (Å²) in [6.45, 7) is 1.80. The van der Waals surface area contributed by atoms with Crippen molar-refractivity contribution in [3.8, 4) is 28.4 Å². The molecule has 1 saturated heterocycles. The largest absolute Gasteiger partial charge is 0.481 e. The van der Waals surface area contributed by atoms with E-state index in [2.05, 4.69) is 31.2 Å².